The second kappa shape index (κ2) is 10.6. The van der Waals surface area contributed by atoms with Crippen LogP contribution in [0.15, 0.2) is 41.3 Å². The number of nitrogens with zero attached hydrogens (tertiary/aromatic N) is 2. The van der Waals surface area contributed by atoms with Crippen molar-refractivity contribution in [1.82, 2.24) is 4.57 Å². The number of benzene rings is 1. The molecule has 0 bridgehead atoms. The summed E-state index contributed by atoms with van der Waals surface area (Å²) in [7, 11) is -1.48. The van der Waals surface area contributed by atoms with E-state index in [2.05, 4.69) is 60.7 Å². The van der Waals surface area contributed by atoms with Crippen LogP contribution in [0.3, 0.4) is 0 Å². The van der Waals surface area contributed by atoms with Gasteiger partial charge in [-0.3, -0.25) is 4.79 Å². The number of aromatic nitrogens is 1. The van der Waals surface area contributed by atoms with Gasteiger partial charge in [0.05, 0.1) is 23.3 Å². The van der Waals surface area contributed by atoms with Crippen LogP contribution in [0.2, 0.25) is 13.1 Å². The minimum Gasteiger partial charge on any atom is -0.485 e. The van der Waals surface area contributed by atoms with Crippen LogP contribution in [-0.4, -0.2) is 30.4 Å². The zero-order chi connectivity index (χ0) is 28.7. The van der Waals surface area contributed by atoms with E-state index in [0.717, 1.165) is 24.8 Å². The second-order valence-corrected chi connectivity index (χ2v) is 16.1. The summed E-state index contributed by atoms with van der Waals surface area (Å²) in [5.74, 6) is 0.570. The predicted molar refractivity (Wildman–Crippen MR) is 155 cm³/mol. The molecule has 2 aromatic rings. The van der Waals surface area contributed by atoms with E-state index >= 15 is 0 Å². The first-order valence-electron chi connectivity index (χ1n) is 13.7. The summed E-state index contributed by atoms with van der Waals surface area (Å²) in [6.07, 6.45) is 3.66. The van der Waals surface area contributed by atoms with Crippen LogP contribution < -0.4 is 10.3 Å². The first-order chi connectivity index (χ1) is 17.4. The lowest BCUT2D eigenvalue weighted by Gasteiger charge is -2.47. The van der Waals surface area contributed by atoms with Crippen molar-refractivity contribution in [2.75, 3.05) is 0 Å². The third-order valence-electron chi connectivity index (χ3n) is 7.66. The van der Waals surface area contributed by atoms with Crippen LogP contribution in [0, 0.1) is 22.2 Å². The zero-order valence-corrected chi connectivity index (χ0v) is 26.0. The van der Waals surface area contributed by atoms with Gasteiger partial charge in [-0.15, -0.1) is 0 Å². The van der Waals surface area contributed by atoms with E-state index in [4.69, 9.17) is 9.16 Å². The van der Waals surface area contributed by atoms with Crippen molar-refractivity contribution in [2.45, 2.75) is 111 Å². The fourth-order valence-corrected chi connectivity index (χ4v) is 7.05. The Morgan fingerprint density at radius 3 is 2.29 bits per heavy atom. The number of pyridine rings is 1. The van der Waals surface area contributed by atoms with E-state index in [1.807, 2.05) is 19.9 Å². The maximum atomic E-state index is 13.9. The lowest BCUT2D eigenvalue weighted by Crippen LogP contribution is -2.52. The molecule has 0 radical (unpaired) electrons. The Kier molecular flexibility index (Phi) is 8.44. The monoisotopic (exact) mass is 538 g/mol. The number of nitriles is 1. The molecule has 3 atom stereocenters. The largest absolute Gasteiger partial charge is 0.485 e. The molecule has 6 nitrogen and oxygen atoms in total. The molecule has 0 fully saturated rings. The molecule has 38 heavy (non-hydrogen) atoms. The number of hydrogen-bond donors (Lipinski definition) is 1. The highest BCUT2D eigenvalue weighted by molar-refractivity contribution is 6.48. The molecule has 1 aromatic heterocycles. The average molecular weight is 539 g/mol. The Morgan fingerprint density at radius 2 is 1.76 bits per heavy atom. The van der Waals surface area contributed by atoms with Crippen molar-refractivity contribution in [3.63, 3.8) is 0 Å². The molecule has 0 spiro atoms. The molecule has 2 heterocycles. The Labute approximate surface area is 230 Å². The molecule has 0 saturated carbocycles. The number of fused-ring (bicyclic) bond motifs is 1. The molecule has 1 aliphatic heterocycles. The van der Waals surface area contributed by atoms with Gasteiger partial charge in [0.25, 0.3) is 5.56 Å². The standard InChI is InChI=1S/C31H46N2O4Si/c1-28(2,3)15-11-16-31(29(4,5)6,37-38(9)10)22-14-17-33(25(34)19-22)26-23-18-21(20-32)12-13-24(23)36-30(7,8)27(26)35/h12-14,17-19,26-27,35,38H,11,15-16H2,1-10H3/t26-,27+,31?/m0/s1. The number of rotatable bonds is 7. The van der Waals surface area contributed by atoms with Crippen molar-refractivity contribution >= 4 is 9.04 Å². The quantitative estimate of drug-likeness (QED) is 0.418. The minimum absolute atomic E-state index is 0.212. The van der Waals surface area contributed by atoms with Crippen LogP contribution in [-0.2, 0) is 10.0 Å². The maximum Gasteiger partial charge on any atom is 0.251 e. The van der Waals surface area contributed by atoms with E-state index in [-0.39, 0.29) is 16.4 Å². The van der Waals surface area contributed by atoms with Gasteiger partial charge in [-0.2, -0.15) is 5.26 Å². The SMILES string of the molecule is C[SiH](C)OC(CCCC(C)(C)C)(c1ccn([C@H]2c3cc(C#N)ccc3OC(C)(C)[C@@H]2O)c(=O)c1)C(C)(C)C. The number of aliphatic hydroxyl groups is 1. The van der Waals surface area contributed by atoms with Gasteiger partial charge in [-0.1, -0.05) is 41.5 Å². The Bertz CT molecular complexity index is 1250. The van der Waals surface area contributed by atoms with Crippen LogP contribution in [0.5, 0.6) is 5.75 Å². The fraction of sp³-hybridized carbons (Fsp3) is 0.613. The lowest BCUT2D eigenvalue weighted by atomic mass is 9.69. The van der Waals surface area contributed by atoms with E-state index in [1.165, 1.54) is 0 Å². The molecule has 0 aliphatic carbocycles. The lowest BCUT2D eigenvalue weighted by molar-refractivity contribution is -0.0647. The van der Waals surface area contributed by atoms with Crippen molar-refractivity contribution in [1.29, 1.82) is 5.26 Å². The summed E-state index contributed by atoms with van der Waals surface area (Å²) in [5.41, 5.74) is 0.205. The highest BCUT2D eigenvalue weighted by Crippen LogP contribution is 2.48. The van der Waals surface area contributed by atoms with E-state index in [9.17, 15) is 15.2 Å². The molecule has 0 saturated heterocycles. The Balaban J connectivity index is 2.16. The van der Waals surface area contributed by atoms with E-state index < -0.39 is 32.4 Å². The normalized spacial score (nSPS) is 20.8. The minimum atomic E-state index is -1.48. The average Bonchev–Trinajstić information content (AvgIpc) is 2.77. The first kappa shape index (κ1) is 30.1. The number of aliphatic hydroxyl groups excluding tert-OH is 1. The fourth-order valence-electron chi connectivity index (χ4n) is 5.63. The van der Waals surface area contributed by atoms with Crippen LogP contribution in [0.1, 0.15) is 97.4 Å². The smallest absolute Gasteiger partial charge is 0.251 e. The summed E-state index contributed by atoms with van der Waals surface area (Å²) in [6.45, 7) is 21.3. The van der Waals surface area contributed by atoms with Crippen molar-refractivity contribution in [2.24, 2.45) is 10.8 Å². The van der Waals surface area contributed by atoms with Gasteiger partial charge >= 0.3 is 0 Å². The van der Waals surface area contributed by atoms with E-state index in [0.29, 0.717) is 16.9 Å². The summed E-state index contributed by atoms with van der Waals surface area (Å²) in [5, 5.41) is 20.8. The predicted octanol–water partition coefficient (Wildman–Crippen LogP) is 6.30. The third kappa shape index (κ3) is 6.08. The first-order valence-corrected chi connectivity index (χ1v) is 16.5. The second-order valence-electron chi connectivity index (χ2n) is 13.8. The summed E-state index contributed by atoms with van der Waals surface area (Å²) in [6, 6.07) is 10.3. The molecular weight excluding hydrogens is 492 g/mol. The van der Waals surface area contributed by atoms with Crippen molar-refractivity contribution < 1.29 is 14.3 Å². The van der Waals surface area contributed by atoms with Crippen LogP contribution >= 0.6 is 0 Å². The van der Waals surface area contributed by atoms with Gasteiger partial charge in [0, 0.05) is 17.8 Å². The van der Waals surface area contributed by atoms with Gasteiger partial charge in [0.15, 0.2) is 9.04 Å². The van der Waals surface area contributed by atoms with Gasteiger partial charge in [0.1, 0.15) is 17.5 Å². The topological polar surface area (TPSA) is 84.5 Å². The highest BCUT2D eigenvalue weighted by Gasteiger charge is 2.47. The van der Waals surface area contributed by atoms with Crippen molar-refractivity contribution in [3.8, 4) is 11.8 Å². The molecule has 208 valence electrons. The number of hydrogen-bond acceptors (Lipinski definition) is 5. The molecule has 7 heteroatoms. The van der Waals surface area contributed by atoms with Crippen LogP contribution in [0.4, 0.5) is 0 Å². The summed E-state index contributed by atoms with van der Waals surface area (Å²) < 4.78 is 14.5. The Morgan fingerprint density at radius 1 is 1.11 bits per heavy atom. The summed E-state index contributed by atoms with van der Waals surface area (Å²) in [4.78, 5) is 13.9. The van der Waals surface area contributed by atoms with Crippen molar-refractivity contribution in [3.05, 3.63) is 63.6 Å². The summed E-state index contributed by atoms with van der Waals surface area (Å²) >= 11 is 0. The zero-order valence-electron chi connectivity index (χ0n) is 24.9. The van der Waals surface area contributed by atoms with Gasteiger partial charge in [-0.05, 0) is 86.9 Å². The highest BCUT2D eigenvalue weighted by atomic mass is 28.3. The molecule has 1 aliphatic rings. The van der Waals surface area contributed by atoms with Gasteiger partial charge in [0.2, 0.25) is 0 Å². The Hall–Kier alpha value is -2.40. The van der Waals surface area contributed by atoms with Gasteiger partial charge < -0.3 is 18.8 Å². The molecule has 1 aromatic carbocycles. The number of ether oxygens (including phenoxy) is 1. The third-order valence-corrected chi connectivity index (χ3v) is 8.53. The molecule has 1 unspecified atom stereocenters. The molecule has 0 amide bonds. The van der Waals surface area contributed by atoms with E-state index in [1.54, 1.807) is 35.0 Å². The molecule has 3 rings (SSSR count). The molecule has 1 N–H and O–H groups in total. The van der Waals surface area contributed by atoms with Gasteiger partial charge in [-0.25, -0.2) is 0 Å². The van der Waals surface area contributed by atoms with Crippen LogP contribution in [0.25, 0.3) is 0 Å². The molecular formula is C31H46N2O4Si. The maximum absolute atomic E-state index is 13.9.